The second-order valence-electron chi connectivity index (χ2n) is 9.39. The normalized spacial score (nSPS) is 14.5. The molecule has 2 heterocycles. The van der Waals surface area contributed by atoms with Crippen LogP contribution in [0, 0.1) is 5.82 Å². The van der Waals surface area contributed by atoms with E-state index in [1.165, 1.54) is 17.7 Å². The summed E-state index contributed by atoms with van der Waals surface area (Å²) in [6, 6.07) is 6.95. The molecule has 2 unspecified atom stereocenters. The van der Waals surface area contributed by atoms with Crippen LogP contribution in [0.15, 0.2) is 30.3 Å². The van der Waals surface area contributed by atoms with E-state index in [9.17, 15) is 19.1 Å². The summed E-state index contributed by atoms with van der Waals surface area (Å²) in [5.41, 5.74) is 1.98. The van der Waals surface area contributed by atoms with Crippen molar-refractivity contribution < 1.29 is 23.8 Å². The number of hydrogen-bond donors (Lipinski definition) is 3. The van der Waals surface area contributed by atoms with E-state index in [2.05, 4.69) is 27.7 Å². The van der Waals surface area contributed by atoms with Gasteiger partial charge in [0.1, 0.15) is 17.7 Å². The molecule has 8 nitrogen and oxygen atoms in total. The lowest BCUT2D eigenvalue weighted by Gasteiger charge is -2.26. The molecule has 0 fully saturated rings. The van der Waals surface area contributed by atoms with Crippen molar-refractivity contribution in [3.05, 3.63) is 58.0 Å². The quantitative estimate of drug-likeness (QED) is 0.313. The number of carboxylic acids is 1. The Bertz CT molecular complexity index is 1050. The van der Waals surface area contributed by atoms with Gasteiger partial charge in [-0.3, -0.25) is 4.79 Å². The number of halogens is 2. The Morgan fingerprint density at radius 1 is 1.27 bits per heavy atom. The minimum absolute atomic E-state index is 0.0384. The topological polar surface area (TPSA) is 104 Å². The summed E-state index contributed by atoms with van der Waals surface area (Å²) >= 11 is 5.96. The summed E-state index contributed by atoms with van der Waals surface area (Å²) in [7, 11) is 1.64. The molecule has 0 saturated carbocycles. The van der Waals surface area contributed by atoms with Crippen molar-refractivity contribution in [2.75, 3.05) is 38.6 Å². The van der Waals surface area contributed by atoms with Crippen LogP contribution < -0.4 is 10.6 Å². The molecule has 3 rings (SSSR count). The summed E-state index contributed by atoms with van der Waals surface area (Å²) in [5, 5.41) is 15.4. The fourth-order valence-corrected chi connectivity index (χ4v) is 4.65. The Kier molecular flexibility index (Phi) is 11.1. The summed E-state index contributed by atoms with van der Waals surface area (Å²) in [6.45, 7) is 4.71. The van der Waals surface area contributed by atoms with Crippen LogP contribution in [0.1, 0.15) is 54.2 Å². The number of carbonyl (C=O) groups is 2. The third kappa shape index (κ3) is 8.66. The number of carboxylic acid groups (broad SMARTS) is 1. The van der Waals surface area contributed by atoms with Gasteiger partial charge in [-0.15, -0.1) is 0 Å². The molecule has 37 heavy (non-hydrogen) atoms. The number of aryl methyl sites for hydroxylation is 2. The Hall–Kier alpha value is -2.75. The van der Waals surface area contributed by atoms with Crippen LogP contribution in [0.3, 0.4) is 0 Å². The first-order valence-electron chi connectivity index (χ1n) is 12.7. The first-order chi connectivity index (χ1) is 17.8. The highest BCUT2D eigenvalue weighted by atomic mass is 35.5. The molecule has 3 N–H and O–H groups in total. The van der Waals surface area contributed by atoms with Crippen LogP contribution in [0.5, 0.6) is 0 Å². The summed E-state index contributed by atoms with van der Waals surface area (Å²) < 4.78 is 19.5. The molecular weight excluding hydrogens is 499 g/mol. The van der Waals surface area contributed by atoms with E-state index < -0.39 is 23.7 Å². The van der Waals surface area contributed by atoms with Crippen molar-refractivity contribution >= 4 is 29.3 Å². The van der Waals surface area contributed by atoms with Gasteiger partial charge in [-0.05, 0) is 75.8 Å². The van der Waals surface area contributed by atoms with Gasteiger partial charge >= 0.3 is 5.97 Å². The average Bonchev–Trinajstić information content (AvgIpc) is 2.88. The molecular formula is C27H36ClFN4O4. The van der Waals surface area contributed by atoms with Crippen molar-refractivity contribution in [1.82, 2.24) is 15.2 Å². The molecule has 0 bridgehead atoms. The van der Waals surface area contributed by atoms with Crippen molar-refractivity contribution in [2.24, 2.45) is 0 Å². The van der Waals surface area contributed by atoms with Crippen LogP contribution in [-0.2, 0) is 22.4 Å². The zero-order valence-electron chi connectivity index (χ0n) is 21.4. The van der Waals surface area contributed by atoms with Gasteiger partial charge in [-0.1, -0.05) is 23.7 Å². The minimum Gasteiger partial charge on any atom is -0.480 e. The number of fused-ring (bicyclic) bond motifs is 1. The molecule has 0 aliphatic carbocycles. The second kappa shape index (κ2) is 14.3. The lowest BCUT2D eigenvalue weighted by atomic mass is 10.1. The largest absolute Gasteiger partial charge is 0.480 e. The van der Waals surface area contributed by atoms with E-state index in [4.69, 9.17) is 21.3 Å². The van der Waals surface area contributed by atoms with Crippen LogP contribution in [0.4, 0.5) is 10.2 Å². The van der Waals surface area contributed by atoms with Crippen molar-refractivity contribution in [1.29, 1.82) is 0 Å². The van der Waals surface area contributed by atoms with Gasteiger partial charge in [-0.25, -0.2) is 14.2 Å². The Labute approximate surface area is 222 Å². The maximum atomic E-state index is 14.1. The maximum Gasteiger partial charge on any atom is 0.326 e. The number of ether oxygens (including phenoxy) is 1. The lowest BCUT2D eigenvalue weighted by Crippen LogP contribution is -2.44. The van der Waals surface area contributed by atoms with Crippen LogP contribution >= 0.6 is 11.6 Å². The molecule has 202 valence electrons. The molecule has 1 aromatic carbocycles. The fourth-order valence-electron chi connectivity index (χ4n) is 4.40. The summed E-state index contributed by atoms with van der Waals surface area (Å²) in [5.74, 6) is -1.83. The standard InChI is InChI=1S/C27H36ClFN4O4/c1-18(37-2)17-33(15-4-3-8-20-12-11-19-7-6-14-30-25(19)31-20)16-13-23(27(35)36)32-26(34)24-21(28)9-5-10-22(24)29/h5,9-12,18,23H,3-4,6-8,13-17H2,1-2H3,(H,30,31)(H,32,34)(H,35,36). The fraction of sp³-hybridized carbons (Fsp3) is 0.519. The summed E-state index contributed by atoms with van der Waals surface area (Å²) in [4.78, 5) is 31.3. The monoisotopic (exact) mass is 534 g/mol. The molecule has 2 aromatic rings. The predicted octanol–water partition coefficient (Wildman–Crippen LogP) is 4.17. The second-order valence-corrected chi connectivity index (χ2v) is 9.80. The molecule has 10 heteroatoms. The first-order valence-corrected chi connectivity index (χ1v) is 13.1. The smallest absolute Gasteiger partial charge is 0.326 e. The summed E-state index contributed by atoms with van der Waals surface area (Å²) in [6.07, 6.45) is 5.01. The van der Waals surface area contributed by atoms with Gasteiger partial charge in [0, 0.05) is 32.4 Å². The number of methoxy groups -OCH3 is 1. The molecule has 1 amide bonds. The van der Waals surface area contributed by atoms with Gasteiger partial charge in [0.15, 0.2) is 0 Å². The van der Waals surface area contributed by atoms with Gasteiger partial charge in [0.05, 0.1) is 16.7 Å². The zero-order chi connectivity index (χ0) is 26.8. The molecule has 0 spiro atoms. The Morgan fingerprint density at radius 3 is 2.81 bits per heavy atom. The first kappa shape index (κ1) is 28.8. The molecule has 1 aliphatic rings. The Morgan fingerprint density at radius 2 is 2.08 bits per heavy atom. The number of hydrogen-bond acceptors (Lipinski definition) is 6. The van der Waals surface area contributed by atoms with E-state index >= 15 is 0 Å². The zero-order valence-corrected chi connectivity index (χ0v) is 22.2. The van der Waals surface area contributed by atoms with Crippen LogP contribution in [0.2, 0.25) is 5.02 Å². The van der Waals surface area contributed by atoms with Crippen molar-refractivity contribution in [3.8, 4) is 0 Å². The van der Waals surface area contributed by atoms with Crippen LogP contribution in [-0.4, -0.2) is 72.3 Å². The number of aliphatic carboxylic acids is 1. The number of carbonyl (C=O) groups excluding carboxylic acids is 1. The third-order valence-corrected chi connectivity index (χ3v) is 6.87. The number of nitrogens with one attached hydrogen (secondary N) is 2. The van der Waals surface area contributed by atoms with E-state index in [1.807, 2.05) is 6.92 Å². The van der Waals surface area contributed by atoms with Gasteiger partial charge in [0.2, 0.25) is 0 Å². The highest BCUT2D eigenvalue weighted by molar-refractivity contribution is 6.33. The van der Waals surface area contributed by atoms with E-state index in [0.717, 1.165) is 62.8 Å². The van der Waals surface area contributed by atoms with E-state index in [1.54, 1.807) is 7.11 Å². The Balaban J connectivity index is 1.53. The number of amides is 1. The number of rotatable bonds is 14. The van der Waals surface area contributed by atoms with Gasteiger partial charge < -0.3 is 25.4 Å². The van der Waals surface area contributed by atoms with Crippen molar-refractivity contribution in [3.63, 3.8) is 0 Å². The number of unbranched alkanes of at least 4 members (excludes halogenated alkanes) is 1. The highest BCUT2D eigenvalue weighted by Gasteiger charge is 2.25. The molecule has 1 aromatic heterocycles. The molecule has 1 aliphatic heterocycles. The SMILES string of the molecule is COC(C)CN(CCCCc1ccc2c(n1)NCCC2)CCC(NC(=O)c1c(F)cccc1Cl)C(=O)O. The van der Waals surface area contributed by atoms with Gasteiger partial charge in [-0.2, -0.15) is 0 Å². The van der Waals surface area contributed by atoms with Crippen LogP contribution in [0.25, 0.3) is 0 Å². The number of aromatic nitrogens is 1. The highest BCUT2D eigenvalue weighted by Crippen LogP contribution is 2.21. The number of anilines is 1. The molecule has 0 saturated heterocycles. The predicted molar refractivity (Wildman–Crippen MR) is 142 cm³/mol. The molecule has 0 radical (unpaired) electrons. The van der Waals surface area contributed by atoms with E-state index in [-0.39, 0.29) is 23.1 Å². The average molecular weight is 535 g/mol. The number of benzene rings is 1. The number of pyridine rings is 1. The number of nitrogens with zero attached hydrogens (tertiary/aromatic N) is 2. The third-order valence-electron chi connectivity index (χ3n) is 6.55. The van der Waals surface area contributed by atoms with E-state index in [0.29, 0.717) is 13.1 Å². The molecule has 2 atom stereocenters. The van der Waals surface area contributed by atoms with Gasteiger partial charge in [0.25, 0.3) is 5.91 Å². The maximum absolute atomic E-state index is 14.1. The minimum atomic E-state index is -1.19. The van der Waals surface area contributed by atoms with Crippen molar-refractivity contribution in [2.45, 2.75) is 57.6 Å². The lowest BCUT2D eigenvalue weighted by molar-refractivity contribution is -0.139.